The zero-order valence-corrected chi connectivity index (χ0v) is 15.9. The van der Waals surface area contributed by atoms with Gasteiger partial charge in [-0.15, -0.1) is 0 Å². The Hall–Kier alpha value is -1.73. The molecule has 1 unspecified atom stereocenters. The molecule has 0 saturated carbocycles. The average molecular weight is 412 g/mol. The van der Waals surface area contributed by atoms with Crippen molar-refractivity contribution in [2.45, 2.75) is 29.4 Å². The van der Waals surface area contributed by atoms with Crippen LogP contribution in [-0.2, 0) is 4.79 Å². The van der Waals surface area contributed by atoms with E-state index in [0.717, 1.165) is 29.8 Å². The third-order valence-electron chi connectivity index (χ3n) is 4.63. The highest BCUT2D eigenvalue weighted by atomic mass is 35.5. The van der Waals surface area contributed by atoms with Crippen molar-refractivity contribution < 1.29 is 14.3 Å². The molecule has 1 amide bonds. The lowest BCUT2D eigenvalue weighted by atomic mass is 9.98. The van der Waals surface area contributed by atoms with Gasteiger partial charge in [-0.3, -0.25) is 9.78 Å². The minimum Gasteiger partial charge on any atom is -0.386 e. The van der Waals surface area contributed by atoms with Crippen LogP contribution >= 0.6 is 23.2 Å². The lowest BCUT2D eigenvalue weighted by Gasteiger charge is -2.27. The molecule has 144 valence electrons. The van der Waals surface area contributed by atoms with Gasteiger partial charge in [-0.05, 0) is 30.2 Å². The number of carbonyl (C=O) groups excluding carboxylic acids is 1. The fraction of sp³-hybridized carbons (Fsp3) is 0.368. The topological polar surface area (TPSA) is 74.2 Å². The van der Waals surface area contributed by atoms with Crippen molar-refractivity contribution >= 4 is 29.1 Å². The first-order chi connectivity index (χ1) is 13.0. The number of halogens is 3. The number of rotatable bonds is 7. The van der Waals surface area contributed by atoms with E-state index in [1.54, 1.807) is 12.1 Å². The molecule has 1 fully saturated rings. The molecule has 0 aliphatic carbocycles. The van der Waals surface area contributed by atoms with Crippen LogP contribution in [0, 0.1) is 0 Å². The Balaban J connectivity index is 1.69. The lowest BCUT2D eigenvalue weighted by Crippen LogP contribution is -2.43. The minimum absolute atomic E-state index is 0.338. The molecular formula is C19H20Cl2FN3O2. The number of carbonyl (C=O) groups is 1. The molecule has 1 aliphatic heterocycles. The smallest absolute Gasteiger partial charge is 0.253 e. The predicted molar refractivity (Wildman–Crippen MR) is 103 cm³/mol. The Morgan fingerprint density at radius 1 is 1.26 bits per heavy atom. The molecule has 0 spiro atoms. The minimum atomic E-state index is -1.32. The van der Waals surface area contributed by atoms with E-state index in [-0.39, 0.29) is 0 Å². The monoisotopic (exact) mass is 411 g/mol. The fourth-order valence-corrected chi connectivity index (χ4v) is 3.00. The van der Waals surface area contributed by atoms with Crippen LogP contribution in [0.5, 0.6) is 0 Å². The van der Waals surface area contributed by atoms with Crippen molar-refractivity contribution in [1.82, 2.24) is 15.6 Å². The number of nitrogens with one attached hydrogen (secondary N) is 2. The quantitative estimate of drug-likeness (QED) is 0.612. The van der Waals surface area contributed by atoms with Gasteiger partial charge in [-0.1, -0.05) is 53.5 Å². The summed E-state index contributed by atoms with van der Waals surface area (Å²) >= 11 is 10.9. The Bertz CT molecular complexity index is 768. The second-order valence-electron chi connectivity index (χ2n) is 6.40. The van der Waals surface area contributed by atoms with Crippen LogP contribution in [0.3, 0.4) is 0 Å². The standard InChI is InChI=1S/C19H20Cl2FN3O2/c20-18(21)19(27)25-16(9-22)17(26)12-3-1-11(2-4-12)13-5-6-14(24-10-13)15-7-8-23-15/h1-6,10,15-18,23,26H,7-9H2,(H,25,27)/t15?,16-,17+/m1/s1. The summed E-state index contributed by atoms with van der Waals surface area (Å²) in [6.07, 6.45) is 1.69. The highest BCUT2D eigenvalue weighted by molar-refractivity contribution is 6.53. The van der Waals surface area contributed by atoms with Gasteiger partial charge in [0.25, 0.3) is 5.91 Å². The first-order valence-corrected chi connectivity index (χ1v) is 9.49. The van der Waals surface area contributed by atoms with Crippen molar-refractivity contribution in [3.8, 4) is 11.1 Å². The van der Waals surface area contributed by atoms with Gasteiger partial charge in [0.05, 0.1) is 17.8 Å². The maximum absolute atomic E-state index is 13.2. The van der Waals surface area contributed by atoms with E-state index < -0.39 is 29.6 Å². The van der Waals surface area contributed by atoms with Crippen LogP contribution in [0.2, 0.25) is 0 Å². The SMILES string of the molecule is O=C(N[C@H](CF)[C@@H](O)c1ccc(-c2ccc(C3CCN3)nc2)cc1)C(Cl)Cl. The van der Waals surface area contributed by atoms with E-state index in [4.69, 9.17) is 23.2 Å². The van der Waals surface area contributed by atoms with Crippen LogP contribution in [-0.4, -0.2) is 40.1 Å². The molecular weight excluding hydrogens is 392 g/mol. The summed E-state index contributed by atoms with van der Waals surface area (Å²) < 4.78 is 13.2. The highest BCUT2D eigenvalue weighted by Crippen LogP contribution is 2.26. The number of aromatic nitrogens is 1. The number of pyridine rings is 1. The van der Waals surface area contributed by atoms with Gasteiger partial charge in [-0.25, -0.2) is 4.39 Å². The molecule has 1 aromatic carbocycles. The molecule has 2 heterocycles. The van der Waals surface area contributed by atoms with E-state index in [1.807, 2.05) is 30.5 Å². The summed E-state index contributed by atoms with van der Waals surface area (Å²) in [6.45, 7) is 0.0738. The van der Waals surface area contributed by atoms with Gasteiger partial charge < -0.3 is 15.7 Å². The Kier molecular flexibility index (Phi) is 6.65. The summed E-state index contributed by atoms with van der Waals surface area (Å²) in [5.74, 6) is -0.747. The first kappa shape index (κ1) is 20.0. The summed E-state index contributed by atoms with van der Waals surface area (Å²) in [5.41, 5.74) is 3.37. The van der Waals surface area contributed by atoms with E-state index in [9.17, 15) is 14.3 Å². The van der Waals surface area contributed by atoms with Gasteiger partial charge in [0.2, 0.25) is 0 Å². The fourth-order valence-electron chi connectivity index (χ4n) is 2.88. The normalized spacial score (nSPS) is 18.6. The summed E-state index contributed by atoms with van der Waals surface area (Å²) in [6, 6.07) is 10.2. The van der Waals surface area contributed by atoms with Gasteiger partial charge in [0.1, 0.15) is 12.8 Å². The van der Waals surface area contributed by atoms with Crippen LogP contribution in [0.1, 0.15) is 29.8 Å². The maximum atomic E-state index is 13.2. The summed E-state index contributed by atoms with van der Waals surface area (Å²) in [5, 5.41) is 15.9. The first-order valence-electron chi connectivity index (χ1n) is 8.62. The molecule has 3 rings (SSSR count). The lowest BCUT2D eigenvalue weighted by molar-refractivity contribution is -0.121. The van der Waals surface area contributed by atoms with Crippen molar-refractivity contribution in [3.63, 3.8) is 0 Å². The zero-order chi connectivity index (χ0) is 19.4. The number of nitrogens with zero attached hydrogens (tertiary/aromatic N) is 1. The highest BCUT2D eigenvalue weighted by Gasteiger charge is 2.25. The predicted octanol–water partition coefficient (Wildman–Crippen LogP) is 3.07. The molecule has 1 saturated heterocycles. The molecule has 0 bridgehead atoms. The van der Waals surface area contributed by atoms with Crippen LogP contribution < -0.4 is 10.6 Å². The van der Waals surface area contributed by atoms with Crippen LogP contribution in [0.15, 0.2) is 42.6 Å². The molecule has 3 atom stereocenters. The number of hydrogen-bond donors (Lipinski definition) is 3. The number of aliphatic hydroxyl groups excluding tert-OH is 1. The number of aliphatic hydroxyl groups is 1. The number of hydrogen-bond acceptors (Lipinski definition) is 4. The van der Waals surface area contributed by atoms with Crippen molar-refractivity contribution in [2.75, 3.05) is 13.2 Å². The average Bonchev–Trinajstić information content (AvgIpc) is 2.64. The molecule has 3 N–H and O–H groups in total. The second kappa shape index (κ2) is 8.97. The van der Waals surface area contributed by atoms with Gasteiger partial charge in [0, 0.05) is 11.8 Å². The number of benzene rings is 1. The molecule has 5 nitrogen and oxygen atoms in total. The number of amides is 1. The van der Waals surface area contributed by atoms with Gasteiger partial charge in [-0.2, -0.15) is 0 Å². The zero-order valence-electron chi connectivity index (χ0n) is 14.4. The Morgan fingerprint density at radius 3 is 2.41 bits per heavy atom. The van der Waals surface area contributed by atoms with E-state index in [0.29, 0.717) is 11.6 Å². The molecule has 1 aliphatic rings. The van der Waals surface area contributed by atoms with Crippen molar-refractivity contribution in [3.05, 3.63) is 53.9 Å². The van der Waals surface area contributed by atoms with E-state index in [1.165, 1.54) is 0 Å². The molecule has 0 radical (unpaired) electrons. The molecule has 2 aromatic rings. The largest absolute Gasteiger partial charge is 0.386 e. The van der Waals surface area contributed by atoms with Gasteiger partial charge >= 0.3 is 0 Å². The Labute approximate surface area is 166 Å². The van der Waals surface area contributed by atoms with E-state index >= 15 is 0 Å². The van der Waals surface area contributed by atoms with Crippen LogP contribution in [0.4, 0.5) is 4.39 Å². The van der Waals surface area contributed by atoms with Crippen LogP contribution in [0.25, 0.3) is 11.1 Å². The number of alkyl halides is 3. The third-order valence-corrected chi connectivity index (χ3v) is 5.02. The summed E-state index contributed by atoms with van der Waals surface area (Å²) in [4.78, 5) is 14.7. The molecule has 8 heteroatoms. The Morgan fingerprint density at radius 2 is 1.93 bits per heavy atom. The van der Waals surface area contributed by atoms with Crippen molar-refractivity contribution in [2.24, 2.45) is 0 Å². The molecule has 27 heavy (non-hydrogen) atoms. The third kappa shape index (κ3) is 4.76. The second-order valence-corrected chi connectivity index (χ2v) is 7.50. The van der Waals surface area contributed by atoms with Crippen molar-refractivity contribution in [1.29, 1.82) is 0 Å². The summed E-state index contributed by atoms with van der Waals surface area (Å²) in [7, 11) is 0. The maximum Gasteiger partial charge on any atom is 0.253 e. The molecule has 1 aromatic heterocycles. The van der Waals surface area contributed by atoms with Gasteiger partial charge in [0.15, 0.2) is 4.84 Å². The van der Waals surface area contributed by atoms with E-state index in [2.05, 4.69) is 15.6 Å².